The molecule has 1 heterocycles. The predicted octanol–water partition coefficient (Wildman–Crippen LogP) is 1.82. The molecule has 0 aromatic carbocycles. The van der Waals surface area contributed by atoms with Gasteiger partial charge in [-0.3, -0.25) is 0 Å². The molecule has 0 amide bonds. The van der Waals surface area contributed by atoms with Crippen LogP contribution in [0.1, 0.15) is 39.5 Å². The summed E-state index contributed by atoms with van der Waals surface area (Å²) in [6.45, 7) is 8.22. The molecule has 1 aliphatic carbocycles. The maximum absolute atomic E-state index is 3.61. The monoisotopic (exact) mass is 195 g/mol. The summed E-state index contributed by atoms with van der Waals surface area (Å²) >= 11 is 0. The van der Waals surface area contributed by atoms with Gasteiger partial charge in [-0.15, -0.1) is 0 Å². The van der Waals surface area contributed by atoms with E-state index in [-0.39, 0.29) is 0 Å². The Morgan fingerprint density at radius 3 is 2.43 bits per heavy atom. The van der Waals surface area contributed by atoms with Crippen molar-refractivity contribution in [2.75, 3.05) is 19.6 Å². The van der Waals surface area contributed by atoms with Crippen LogP contribution in [0.2, 0.25) is 0 Å². The molecule has 1 saturated carbocycles. The van der Waals surface area contributed by atoms with Gasteiger partial charge < -0.3 is 10.2 Å². The first-order chi connectivity index (χ1) is 6.75. The zero-order valence-corrected chi connectivity index (χ0v) is 9.55. The minimum Gasteiger partial charge on any atom is -0.313 e. The van der Waals surface area contributed by atoms with Crippen LogP contribution in [0.5, 0.6) is 0 Å². The summed E-state index contributed by atoms with van der Waals surface area (Å²) in [5.41, 5.74) is 0. The van der Waals surface area contributed by atoms with Crippen LogP contribution < -0.4 is 5.32 Å². The first-order valence-electron chi connectivity index (χ1n) is 6.02. The van der Waals surface area contributed by atoms with Crippen LogP contribution in [0.15, 0.2) is 0 Å². The quantitative estimate of drug-likeness (QED) is 0.736. The molecule has 0 unspecified atom stereocenters. The summed E-state index contributed by atoms with van der Waals surface area (Å²) in [5, 5.41) is 3.61. The van der Waals surface area contributed by atoms with Crippen LogP contribution in [0.25, 0.3) is 0 Å². The van der Waals surface area contributed by atoms with Crippen LogP contribution in [-0.4, -0.2) is 36.6 Å². The molecule has 2 nitrogen and oxygen atoms in total. The van der Waals surface area contributed by atoms with Crippen LogP contribution in [0, 0.1) is 5.92 Å². The third kappa shape index (κ3) is 2.48. The molecule has 0 aromatic rings. The average Bonchev–Trinajstić information content (AvgIpc) is 2.53. The molecule has 2 fully saturated rings. The van der Waals surface area contributed by atoms with E-state index in [4.69, 9.17) is 0 Å². The molecule has 81 valence electrons. The van der Waals surface area contributed by atoms with Crippen molar-refractivity contribution in [1.29, 1.82) is 0 Å². The van der Waals surface area contributed by atoms with E-state index >= 15 is 0 Å². The zero-order chi connectivity index (χ0) is 9.97. The van der Waals surface area contributed by atoms with Crippen LogP contribution in [0.4, 0.5) is 0 Å². The molecule has 0 atom stereocenters. The van der Waals surface area contributed by atoms with Crippen molar-refractivity contribution in [3.8, 4) is 0 Å². The second-order valence-corrected chi connectivity index (χ2v) is 5.15. The highest BCUT2D eigenvalue weighted by Crippen LogP contribution is 2.28. The molecule has 1 N–H and O–H groups in total. The van der Waals surface area contributed by atoms with Gasteiger partial charge in [-0.25, -0.2) is 0 Å². The highest BCUT2D eigenvalue weighted by molar-refractivity contribution is 4.95. The van der Waals surface area contributed by atoms with Crippen molar-refractivity contribution >= 4 is 0 Å². The lowest BCUT2D eigenvalue weighted by Crippen LogP contribution is -2.52. The van der Waals surface area contributed by atoms with E-state index in [0.717, 1.165) is 18.6 Å². The number of hydrogen-bond donors (Lipinski definition) is 1. The normalized spacial score (nSPS) is 33.6. The number of rotatable bonds is 4. The van der Waals surface area contributed by atoms with E-state index in [0.29, 0.717) is 0 Å². The van der Waals surface area contributed by atoms with Gasteiger partial charge in [0.2, 0.25) is 0 Å². The largest absolute Gasteiger partial charge is 0.313 e. The van der Waals surface area contributed by atoms with Gasteiger partial charge in [-0.05, 0) is 44.7 Å². The van der Waals surface area contributed by atoms with Gasteiger partial charge in [0.05, 0.1) is 0 Å². The Morgan fingerprint density at radius 2 is 1.86 bits per heavy atom. The summed E-state index contributed by atoms with van der Waals surface area (Å²) in [7, 11) is 0. The highest BCUT2D eigenvalue weighted by Gasteiger charge is 2.34. The molecular formula is C12H23N2. The van der Waals surface area contributed by atoms with Gasteiger partial charge in [0.1, 0.15) is 0 Å². The van der Waals surface area contributed by atoms with Crippen molar-refractivity contribution in [3.63, 3.8) is 0 Å². The summed E-state index contributed by atoms with van der Waals surface area (Å²) < 4.78 is 0. The minimum atomic E-state index is 0.801. The highest BCUT2D eigenvalue weighted by atomic mass is 15.2. The van der Waals surface area contributed by atoms with E-state index in [1.807, 2.05) is 0 Å². The number of nitrogens with one attached hydrogen (secondary N) is 1. The van der Waals surface area contributed by atoms with E-state index in [9.17, 15) is 0 Å². The maximum Gasteiger partial charge on any atom is 0.0125 e. The Balaban J connectivity index is 1.59. The van der Waals surface area contributed by atoms with Crippen molar-refractivity contribution in [1.82, 2.24) is 10.2 Å². The first kappa shape index (κ1) is 10.4. The molecule has 0 bridgehead atoms. The molecule has 1 radical (unpaired) electrons. The standard InChI is InChI=1S/C12H23N2/c1-10(2)9-13-11-7-12(8-11)14-5-3-4-6-14/h11-13H,3-9H2,1-2H3. The fourth-order valence-electron chi connectivity index (χ4n) is 2.51. The minimum absolute atomic E-state index is 0.801. The van der Waals surface area contributed by atoms with Crippen molar-refractivity contribution in [2.24, 2.45) is 0 Å². The molecular weight excluding hydrogens is 172 g/mol. The summed E-state index contributed by atoms with van der Waals surface area (Å²) in [4.78, 5) is 2.68. The molecule has 14 heavy (non-hydrogen) atoms. The molecule has 2 aliphatic rings. The van der Waals surface area contributed by atoms with Crippen molar-refractivity contribution in [2.45, 2.75) is 51.6 Å². The average molecular weight is 195 g/mol. The lowest BCUT2D eigenvalue weighted by Gasteiger charge is -2.42. The Hall–Kier alpha value is -0.0800. The molecule has 0 aromatic heterocycles. The van der Waals surface area contributed by atoms with Gasteiger partial charge in [0.15, 0.2) is 0 Å². The third-order valence-electron chi connectivity index (χ3n) is 3.51. The molecule has 0 spiro atoms. The van der Waals surface area contributed by atoms with Crippen LogP contribution in [-0.2, 0) is 0 Å². The SMILES string of the molecule is C[C](C)CNC1CC(N2CCCC2)C1. The lowest BCUT2D eigenvalue weighted by atomic mass is 9.85. The second-order valence-electron chi connectivity index (χ2n) is 5.15. The third-order valence-corrected chi connectivity index (χ3v) is 3.51. The van der Waals surface area contributed by atoms with E-state index < -0.39 is 0 Å². The Morgan fingerprint density at radius 1 is 1.21 bits per heavy atom. The van der Waals surface area contributed by atoms with Crippen LogP contribution in [0.3, 0.4) is 0 Å². The first-order valence-corrected chi connectivity index (χ1v) is 6.02. The molecule has 1 saturated heterocycles. The second kappa shape index (κ2) is 4.63. The lowest BCUT2D eigenvalue weighted by molar-refractivity contribution is 0.121. The molecule has 2 rings (SSSR count). The van der Waals surface area contributed by atoms with E-state index in [2.05, 4.69) is 24.1 Å². The topological polar surface area (TPSA) is 15.3 Å². The van der Waals surface area contributed by atoms with E-state index in [1.165, 1.54) is 44.7 Å². The zero-order valence-electron chi connectivity index (χ0n) is 9.55. The van der Waals surface area contributed by atoms with Crippen LogP contribution >= 0.6 is 0 Å². The Bertz CT molecular complexity index is 167. The van der Waals surface area contributed by atoms with E-state index in [1.54, 1.807) is 0 Å². The molecule has 1 aliphatic heterocycles. The number of nitrogens with zero attached hydrogens (tertiary/aromatic N) is 1. The summed E-state index contributed by atoms with van der Waals surface area (Å²) in [6.07, 6.45) is 5.62. The van der Waals surface area contributed by atoms with Gasteiger partial charge in [0, 0.05) is 18.6 Å². The molecule has 2 heteroatoms. The summed E-state index contributed by atoms with van der Waals surface area (Å²) in [6, 6.07) is 1.71. The van der Waals surface area contributed by atoms with Gasteiger partial charge in [-0.1, -0.05) is 13.8 Å². The fourth-order valence-corrected chi connectivity index (χ4v) is 2.51. The Kier molecular flexibility index (Phi) is 3.45. The number of hydrogen-bond acceptors (Lipinski definition) is 2. The maximum atomic E-state index is 3.61. The Labute approximate surface area is 88.1 Å². The van der Waals surface area contributed by atoms with Gasteiger partial charge >= 0.3 is 0 Å². The van der Waals surface area contributed by atoms with Crippen molar-refractivity contribution < 1.29 is 0 Å². The van der Waals surface area contributed by atoms with Gasteiger partial charge in [-0.2, -0.15) is 0 Å². The predicted molar refractivity (Wildman–Crippen MR) is 60.2 cm³/mol. The smallest absolute Gasteiger partial charge is 0.0125 e. The number of likely N-dealkylation sites (tertiary alicyclic amines) is 1. The summed E-state index contributed by atoms with van der Waals surface area (Å²) in [5.74, 6) is 1.50. The van der Waals surface area contributed by atoms with Crippen molar-refractivity contribution in [3.05, 3.63) is 5.92 Å². The van der Waals surface area contributed by atoms with Gasteiger partial charge in [0.25, 0.3) is 0 Å². The fraction of sp³-hybridized carbons (Fsp3) is 0.917.